The molecule has 0 bridgehead atoms. The molecule has 0 amide bonds. The third-order valence-electron chi connectivity index (χ3n) is 2.46. The Morgan fingerprint density at radius 1 is 1.35 bits per heavy atom. The summed E-state index contributed by atoms with van der Waals surface area (Å²) < 4.78 is 0. The molecule has 0 spiro atoms. The van der Waals surface area contributed by atoms with E-state index in [-0.39, 0.29) is 0 Å². The minimum absolute atomic E-state index is 0.326. The predicted molar refractivity (Wildman–Crippen MR) is 68.9 cm³/mol. The Hall–Kier alpha value is -1.79. The number of carboxylic acid groups (broad SMARTS) is 1. The number of benzene rings is 1. The standard InChI is InChI=1S/C15H18O2/c1-2-3-4-8-11-14(15(16)17)12-13-9-6-5-7-10-13/h5-10H,2-4,12H2,1H3,(H,16,17). The molecular weight excluding hydrogens is 212 g/mol. The normalized spacial score (nSPS) is 9.47. The summed E-state index contributed by atoms with van der Waals surface area (Å²) in [5.41, 5.74) is 4.22. The molecule has 90 valence electrons. The van der Waals surface area contributed by atoms with Gasteiger partial charge in [-0.05, 0) is 24.5 Å². The summed E-state index contributed by atoms with van der Waals surface area (Å²) in [4.78, 5) is 11.0. The van der Waals surface area contributed by atoms with Crippen LogP contribution in [0, 0.1) is 0 Å². The van der Waals surface area contributed by atoms with Crippen LogP contribution >= 0.6 is 0 Å². The summed E-state index contributed by atoms with van der Waals surface area (Å²) in [6.45, 7) is 2.11. The molecule has 0 atom stereocenters. The molecule has 0 aromatic heterocycles. The smallest absolute Gasteiger partial charge is 0.339 e. The molecule has 0 aliphatic heterocycles. The molecule has 1 rings (SSSR count). The topological polar surface area (TPSA) is 37.3 Å². The maximum Gasteiger partial charge on any atom is 0.339 e. The summed E-state index contributed by atoms with van der Waals surface area (Å²) in [5.74, 6) is -0.887. The summed E-state index contributed by atoms with van der Waals surface area (Å²) in [6, 6.07) is 9.60. The van der Waals surface area contributed by atoms with Crippen LogP contribution in [-0.4, -0.2) is 11.1 Å². The van der Waals surface area contributed by atoms with E-state index in [0.29, 0.717) is 12.0 Å². The van der Waals surface area contributed by atoms with Crippen molar-refractivity contribution in [1.82, 2.24) is 0 Å². The van der Waals surface area contributed by atoms with E-state index < -0.39 is 5.97 Å². The molecule has 0 unspecified atom stereocenters. The molecule has 0 heterocycles. The predicted octanol–water partition coefficient (Wildman–Crippen LogP) is 3.59. The van der Waals surface area contributed by atoms with E-state index in [1.165, 1.54) is 0 Å². The summed E-state index contributed by atoms with van der Waals surface area (Å²) >= 11 is 0. The van der Waals surface area contributed by atoms with Gasteiger partial charge in [-0.25, -0.2) is 4.79 Å². The second-order valence-electron chi connectivity index (χ2n) is 3.94. The molecule has 2 heteroatoms. The van der Waals surface area contributed by atoms with Crippen LogP contribution in [-0.2, 0) is 11.2 Å². The first-order chi connectivity index (χ1) is 8.24. The van der Waals surface area contributed by atoms with Crippen molar-refractivity contribution in [3.05, 3.63) is 53.3 Å². The van der Waals surface area contributed by atoms with Crippen LogP contribution in [0.25, 0.3) is 0 Å². The Kier molecular flexibility index (Phi) is 5.84. The Balaban J connectivity index is 2.74. The highest BCUT2D eigenvalue weighted by Gasteiger charge is 2.06. The molecule has 1 N–H and O–H groups in total. The molecule has 17 heavy (non-hydrogen) atoms. The van der Waals surface area contributed by atoms with Crippen LogP contribution in [0.2, 0.25) is 0 Å². The molecule has 1 aromatic carbocycles. The van der Waals surface area contributed by atoms with Gasteiger partial charge in [0.15, 0.2) is 0 Å². The van der Waals surface area contributed by atoms with Crippen molar-refractivity contribution < 1.29 is 9.90 Å². The average Bonchev–Trinajstić information content (AvgIpc) is 2.34. The average molecular weight is 230 g/mol. The number of hydrogen-bond acceptors (Lipinski definition) is 1. The van der Waals surface area contributed by atoms with Gasteiger partial charge in [-0.2, -0.15) is 0 Å². The van der Waals surface area contributed by atoms with E-state index in [9.17, 15) is 4.79 Å². The Morgan fingerprint density at radius 2 is 2.06 bits per heavy atom. The van der Waals surface area contributed by atoms with E-state index in [2.05, 4.69) is 12.7 Å². The highest BCUT2D eigenvalue weighted by atomic mass is 16.4. The lowest BCUT2D eigenvalue weighted by Crippen LogP contribution is -2.02. The van der Waals surface area contributed by atoms with Crippen molar-refractivity contribution in [2.45, 2.75) is 32.6 Å². The fourth-order valence-electron chi connectivity index (χ4n) is 1.49. The quantitative estimate of drug-likeness (QED) is 0.460. The summed E-state index contributed by atoms with van der Waals surface area (Å²) in [5, 5.41) is 9.07. The molecular formula is C15H18O2. The van der Waals surface area contributed by atoms with Crippen LogP contribution < -0.4 is 0 Å². The first kappa shape index (κ1) is 13.3. The largest absolute Gasteiger partial charge is 0.477 e. The van der Waals surface area contributed by atoms with Gasteiger partial charge in [0.05, 0.1) is 5.57 Å². The van der Waals surface area contributed by atoms with Gasteiger partial charge in [-0.1, -0.05) is 43.7 Å². The van der Waals surface area contributed by atoms with Crippen molar-refractivity contribution in [2.24, 2.45) is 0 Å². The number of unbranched alkanes of at least 4 members (excludes halogenated alkanes) is 2. The van der Waals surface area contributed by atoms with Crippen molar-refractivity contribution in [3.63, 3.8) is 0 Å². The number of carboxylic acids is 1. The van der Waals surface area contributed by atoms with E-state index in [1.54, 1.807) is 0 Å². The van der Waals surface area contributed by atoms with E-state index in [1.807, 2.05) is 36.4 Å². The zero-order chi connectivity index (χ0) is 12.5. The molecule has 0 aliphatic rings. The highest BCUT2D eigenvalue weighted by molar-refractivity contribution is 5.86. The van der Waals surface area contributed by atoms with Gasteiger partial charge < -0.3 is 5.11 Å². The highest BCUT2D eigenvalue weighted by Crippen LogP contribution is 2.07. The number of hydrogen-bond donors (Lipinski definition) is 1. The van der Waals surface area contributed by atoms with Gasteiger partial charge in [0.25, 0.3) is 0 Å². The lowest BCUT2D eigenvalue weighted by atomic mass is 10.1. The maximum absolute atomic E-state index is 11.0. The van der Waals surface area contributed by atoms with Gasteiger partial charge in [0.2, 0.25) is 0 Å². The lowest BCUT2D eigenvalue weighted by Gasteiger charge is -1.99. The Bertz CT molecular complexity index is 412. The molecule has 0 aliphatic carbocycles. The van der Waals surface area contributed by atoms with Crippen molar-refractivity contribution in [3.8, 4) is 0 Å². The first-order valence-electron chi connectivity index (χ1n) is 5.95. The fraction of sp³-hybridized carbons (Fsp3) is 0.333. The van der Waals surface area contributed by atoms with Crippen LogP contribution in [0.4, 0.5) is 0 Å². The Morgan fingerprint density at radius 3 is 2.65 bits per heavy atom. The lowest BCUT2D eigenvalue weighted by molar-refractivity contribution is -0.132. The Labute approximate surface area is 102 Å². The van der Waals surface area contributed by atoms with Gasteiger partial charge in [-0.15, -0.1) is 5.73 Å². The van der Waals surface area contributed by atoms with Gasteiger partial charge in [-0.3, -0.25) is 0 Å². The minimum atomic E-state index is -0.887. The zero-order valence-electron chi connectivity index (χ0n) is 10.1. The SMILES string of the molecule is CCCCC=C=C(Cc1ccccc1)C(=O)O. The third-order valence-corrected chi connectivity index (χ3v) is 2.46. The van der Waals surface area contributed by atoms with Gasteiger partial charge in [0, 0.05) is 6.42 Å². The molecule has 1 aromatic rings. The number of carbonyl (C=O) groups is 1. The van der Waals surface area contributed by atoms with Crippen molar-refractivity contribution in [2.75, 3.05) is 0 Å². The number of aliphatic carboxylic acids is 1. The summed E-state index contributed by atoms with van der Waals surface area (Å²) in [7, 11) is 0. The van der Waals surface area contributed by atoms with E-state index in [4.69, 9.17) is 5.11 Å². The van der Waals surface area contributed by atoms with Crippen LogP contribution in [0.5, 0.6) is 0 Å². The van der Waals surface area contributed by atoms with Crippen LogP contribution in [0.15, 0.2) is 47.7 Å². The molecule has 0 fully saturated rings. The molecule has 2 nitrogen and oxygen atoms in total. The van der Waals surface area contributed by atoms with Crippen molar-refractivity contribution >= 4 is 5.97 Å². The second kappa shape index (κ2) is 7.48. The second-order valence-corrected chi connectivity index (χ2v) is 3.94. The van der Waals surface area contributed by atoms with Crippen LogP contribution in [0.3, 0.4) is 0 Å². The van der Waals surface area contributed by atoms with Crippen LogP contribution in [0.1, 0.15) is 31.7 Å². The van der Waals surface area contributed by atoms with Crippen molar-refractivity contribution in [1.29, 1.82) is 0 Å². The molecule has 0 saturated heterocycles. The molecule has 0 radical (unpaired) electrons. The summed E-state index contributed by atoms with van der Waals surface area (Å²) in [6.07, 6.45) is 5.33. The first-order valence-corrected chi connectivity index (χ1v) is 5.95. The van der Waals surface area contributed by atoms with E-state index >= 15 is 0 Å². The third kappa shape index (κ3) is 5.19. The minimum Gasteiger partial charge on any atom is -0.477 e. The number of rotatable bonds is 6. The van der Waals surface area contributed by atoms with Gasteiger partial charge >= 0.3 is 5.97 Å². The van der Waals surface area contributed by atoms with E-state index in [0.717, 1.165) is 24.8 Å². The zero-order valence-corrected chi connectivity index (χ0v) is 10.1. The fourth-order valence-corrected chi connectivity index (χ4v) is 1.49. The van der Waals surface area contributed by atoms with Gasteiger partial charge in [0.1, 0.15) is 0 Å². The molecule has 0 saturated carbocycles. The monoisotopic (exact) mass is 230 g/mol. The maximum atomic E-state index is 11.0.